The first-order valence-electron chi connectivity index (χ1n) is 11.9. The third-order valence-electron chi connectivity index (χ3n) is 6.49. The third kappa shape index (κ3) is 5.14. The van der Waals surface area contributed by atoms with Crippen LogP contribution in [0.1, 0.15) is 65.3 Å². The number of Topliss-reactive ketones (excluding diaryl/α,β-unsaturated/α-hetero) is 1. The van der Waals surface area contributed by atoms with Gasteiger partial charge in [0.2, 0.25) is 5.82 Å². The summed E-state index contributed by atoms with van der Waals surface area (Å²) in [6, 6.07) is 10.4. The number of halogens is 1. The van der Waals surface area contributed by atoms with Crippen molar-refractivity contribution in [1.82, 2.24) is 15.5 Å². The minimum atomic E-state index is -0.905. The number of carbonyl (C=O) groups is 2. The Bertz CT molecular complexity index is 1260. The van der Waals surface area contributed by atoms with Gasteiger partial charge in [-0.3, -0.25) is 9.59 Å². The highest BCUT2D eigenvalue weighted by molar-refractivity contribution is 5.99. The fourth-order valence-corrected chi connectivity index (χ4v) is 4.26. The number of nitrogens with zero attached hydrogens (tertiary/aromatic N) is 2. The first-order chi connectivity index (χ1) is 17.3. The van der Waals surface area contributed by atoms with Gasteiger partial charge in [0.25, 0.3) is 11.8 Å². The normalized spacial score (nSPS) is 22.3. The molecule has 0 radical (unpaired) electrons. The summed E-state index contributed by atoms with van der Waals surface area (Å²) in [5.41, 5.74) is 0.815. The number of benzene rings is 2. The second-order valence-electron chi connectivity index (χ2n) is 9.35. The zero-order valence-corrected chi connectivity index (χ0v) is 19.6. The van der Waals surface area contributed by atoms with Crippen molar-refractivity contribution >= 4 is 11.7 Å². The van der Waals surface area contributed by atoms with Crippen LogP contribution in [0.5, 0.6) is 5.75 Å². The van der Waals surface area contributed by atoms with E-state index < -0.39 is 36.1 Å². The van der Waals surface area contributed by atoms with Crippen LogP contribution in [0.3, 0.4) is 0 Å². The first kappa shape index (κ1) is 24.1. The van der Waals surface area contributed by atoms with E-state index in [0.717, 1.165) is 18.9 Å². The SMILES string of the molecule is C[C@@H](Oc1ccc(C(=O)C2CC2)cc1)c1nc(-c2ccc(C(=O)N[C@H]3C[C@@H](O)[C@@H](O)C3)c(F)c2)no1. The standard InChI is InChI=1S/C26H26FN3O6/c1-13(35-18-7-4-15(5-8-18)23(33)14-2-3-14)26-29-24(30-36-26)16-6-9-19(20(27)10-16)25(34)28-17-11-21(31)22(32)12-17/h4-10,13-14,17,21-22,31-32H,2-3,11-12H2,1H3,(H,28,34)/t13-,17-,21+,22-/m1/s1. The van der Waals surface area contributed by atoms with E-state index in [2.05, 4.69) is 15.5 Å². The van der Waals surface area contributed by atoms with E-state index in [0.29, 0.717) is 16.9 Å². The molecule has 4 atom stereocenters. The maximum atomic E-state index is 14.7. The molecular formula is C26H26FN3O6. The smallest absolute Gasteiger partial charge is 0.267 e. The minimum absolute atomic E-state index is 0.138. The molecule has 2 aliphatic carbocycles. The van der Waals surface area contributed by atoms with Crippen LogP contribution < -0.4 is 10.1 Å². The lowest BCUT2D eigenvalue weighted by molar-refractivity contribution is 0.0438. The molecule has 5 rings (SSSR count). The third-order valence-corrected chi connectivity index (χ3v) is 6.49. The number of aliphatic hydroxyl groups is 2. The lowest BCUT2D eigenvalue weighted by atomic mass is 10.1. The van der Waals surface area contributed by atoms with Crippen molar-refractivity contribution in [3.63, 3.8) is 0 Å². The van der Waals surface area contributed by atoms with Crippen LogP contribution in [0.15, 0.2) is 47.0 Å². The number of rotatable bonds is 8. The predicted octanol–water partition coefficient (Wildman–Crippen LogP) is 3.22. The Kier molecular flexibility index (Phi) is 6.55. The van der Waals surface area contributed by atoms with E-state index in [4.69, 9.17) is 9.26 Å². The summed E-state index contributed by atoms with van der Waals surface area (Å²) in [5.74, 6) is -0.230. The molecule has 0 saturated heterocycles. The van der Waals surface area contributed by atoms with Crippen molar-refractivity contribution in [1.29, 1.82) is 0 Å². The quantitative estimate of drug-likeness (QED) is 0.406. The zero-order valence-electron chi connectivity index (χ0n) is 19.6. The van der Waals surface area contributed by atoms with E-state index in [-0.39, 0.29) is 41.8 Å². The summed E-state index contributed by atoms with van der Waals surface area (Å²) in [7, 11) is 0. The van der Waals surface area contributed by atoms with Crippen LogP contribution in [0.25, 0.3) is 11.4 Å². The maximum absolute atomic E-state index is 14.7. The molecule has 2 aromatic carbocycles. The van der Waals surface area contributed by atoms with E-state index in [1.165, 1.54) is 12.1 Å². The summed E-state index contributed by atoms with van der Waals surface area (Å²) >= 11 is 0. The van der Waals surface area contributed by atoms with Gasteiger partial charge in [0.15, 0.2) is 11.9 Å². The van der Waals surface area contributed by atoms with Crippen molar-refractivity contribution in [2.45, 2.75) is 57.0 Å². The fourth-order valence-electron chi connectivity index (χ4n) is 4.26. The van der Waals surface area contributed by atoms with Crippen LogP contribution in [0.4, 0.5) is 4.39 Å². The van der Waals surface area contributed by atoms with E-state index in [1.807, 2.05) is 0 Å². The van der Waals surface area contributed by atoms with Gasteiger partial charge < -0.3 is 24.8 Å². The van der Waals surface area contributed by atoms with Crippen LogP contribution in [0, 0.1) is 11.7 Å². The zero-order chi connectivity index (χ0) is 25.4. The number of nitrogens with one attached hydrogen (secondary N) is 1. The Morgan fingerprint density at radius 3 is 2.44 bits per heavy atom. The van der Waals surface area contributed by atoms with Crippen molar-refractivity contribution in [3.05, 3.63) is 65.3 Å². The Morgan fingerprint density at radius 1 is 1.11 bits per heavy atom. The van der Waals surface area contributed by atoms with Gasteiger partial charge in [-0.25, -0.2) is 4.39 Å². The topological polar surface area (TPSA) is 135 Å². The Morgan fingerprint density at radius 2 is 1.81 bits per heavy atom. The molecule has 2 aliphatic rings. The van der Waals surface area contributed by atoms with Gasteiger partial charge in [-0.15, -0.1) is 0 Å². The van der Waals surface area contributed by atoms with Gasteiger partial charge in [0, 0.05) is 23.1 Å². The van der Waals surface area contributed by atoms with Gasteiger partial charge in [0.05, 0.1) is 17.8 Å². The molecule has 1 aromatic heterocycles. The molecule has 0 aliphatic heterocycles. The average molecular weight is 496 g/mol. The van der Waals surface area contributed by atoms with Crippen molar-refractivity contribution in [3.8, 4) is 17.1 Å². The number of carbonyl (C=O) groups excluding carboxylic acids is 2. The number of hydrogen-bond donors (Lipinski definition) is 3. The molecule has 3 N–H and O–H groups in total. The number of aliphatic hydroxyl groups excluding tert-OH is 2. The highest BCUT2D eigenvalue weighted by Crippen LogP contribution is 2.33. The van der Waals surface area contributed by atoms with Crippen molar-refractivity contribution in [2.75, 3.05) is 0 Å². The first-order valence-corrected chi connectivity index (χ1v) is 11.9. The van der Waals surface area contributed by atoms with Crippen LogP contribution in [-0.2, 0) is 0 Å². The molecule has 10 heteroatoms. The highest BCUT2D eigenvalue weighted by Gasteiger charge is 2.33. The lowest BCUT2D eigenvalue weighted by Gasteiger charge is -2.12. The second-order valence-corrected chi connectivity index (χ2v) is 9.35. The molecule has 188 valence electrons. The highest BCUT2D eigenvalue weighted by atomic mass is 19.1. The average Bonchev–Trinajstić information content (AvgIpc) is 3.50. The summed E-state index contributed by atoms with van der Waals surface area (Å²) < 4.78 is 25.8. The summed E-state index contributed by atoms with van der Waals surface area (Å²) in [4.78, 5) is 28.9. The van der Waals surface area contributed by atoms with Gasteiger partial charge in [-0.05, 0) is 69.0 Å². The molecular weight excluding hydrogens is 469 g/mol. The number of ether oxygens (including phenoxy) is 1. The molecule has 2 saturated carbocycles. The van der Waals surface area contributed by atoms with Gasteiger partial charge in [-0.2, -0.15) is 4.98 Å². The van der Waals surface area contributed by atoms with E-state index >= 15 is 0 Å². The van der Waals surface area contributed by atoms with Crippen LogP contribution in [-0.4, -0.2) is 50.3 Å². The molecule has 3 aromatic rings. The predicted molar refractivity (Wildman–Crippen MR) is 125 cm³/mol. The molecule has 36 heavy (non-hydrogen) atoms. The van der Waals surface area contributed by atoms with Crippen molar-refractivity contribution < 1.29 is 33.5 Å². The van der Waals surface area contributed by atoms with Gasteiger partial charge in [-0.1, -0.05) is 11.2 Å². The molecule has 0 unspecified atom stereocenters. The second kappa shape index (κ2) is 9.79. The fraction of sp³-hybridized carbons (Fsp3) is 0.385. The molecule has 2 fully saturated rings. The molecule has 0 spiro atoms. The maximum Gasteiger partial charge on any atom is 0.267 e. The minimum Gasteiger partial charge on any atom is -0.481 e. The van der Waals surface area contributed by atoms with E-state index in [9.17, 15) is 24.2 Å². The lowest BCUT2D eigenvalue weighted by Crippen LogP contribution is -2.34. The number of aromatic nitrogens is 2. The molecule has 1 heterocycles. The molecule has 1 amide bonds. The summed E-state index contributed by atoms with van der Waals surface area (Å²) in [6.45, 7) is 1.73. The summed E-state index contributed by atoms with van der Waals surface area (Å²) in [5, 5.41) is 25.8. The van der Waals surface area contributed by atoms with Gasteiger partial charge >= 0.3 is 0 Å². The molecule has 0 bridgehead atoms. The van der Waals surface area contributed by atoms with E-state index in [1.54, 1.807) is 31.2 Å². The Labute approximate surface area is 206 Å². The summed E-state index contributed by atoms with van der Waals surface area (Å²) in [6.07, 6.45) is -0.0891. The molecule has 9 nitrogen and oxygen atoms in total. The largest absolute Gasteiger partial charge is 0.481 e. The van der Waals surface area contributed by atoms with Gasteiger partial charge in [0.1, 0.15) is 11.6 Å². The number of amides is 1. The van der Waals surface area contributed by atoms with Crippen LogP contribution >= 0.6 is 0 Å². The Hall–Kier alpha value is -3.63. The number of ketones is 1. The number of hydrogen-bond acceptors (Lipinski definition) is 8. The Balaban J connectivity index is 1.22. The van der Waals surface area contributed by atoms with Crippen LogP contribution in [0.2, 0.25) is 0 Å². The van der Waals surface area contributed by atoms with Crippen molar-refractivity contribution in [2.24, 2.45) is 5.92 Å². The monoisotopic (exact) mass is 495 g/mol.